The summed E-state index contributed by atoms with van der Waals surface area (Å²) in [4.78, 5) is 15.2. The lowest BCUT2D eigenvalue weighted by Gasteiger charge is -2.33. The first-order valence-corrected chi connectivity index (χ1v) is 7.65. The van der Waals surface area contributed by atoms with Gasteiger partial charge in [-0.05, 0) is 42.8 Å². The highest BCUT2D eigenvalue weighted by Crippen LogP contribution is 2.40. The van der Waals surface area contributed by atoms with Crippen LogP contribution < -0.4 is 5.32 Å². The van der Waals surface area contributed by atoms with Gasteiger partial charge in [-0.15, -0.1) is 11.3 Å². The number of rotatable bonds is 2. The molecule has 2 saturated heterocycles. The molecule has 0 aliphatic carbocycles. The predicted octanol–water partition coefficient (Wildman–Crippen LogP) is 2.50. The van der Waals surface area contributed by atoms with E-state index in [4.69, 9.17) is 11.6 Å². The van der Waals surface area contributed by atoms with Crippen molar-refractivity contribution in [2.24, 2.45) is 5.41 Å². The first kappa shape index (κ1) is 12.5. The maximum absolute atomic E-state index is 12.2. The molecule has 2 aliphatic rings. The second kappa shape index (κ2) is 4.83. The van der Waals surface area contributed by atoms with Crippen molar-refractivity contribution in [3.8, 4) is 0 Å². The molecule has 0 radical (unpaired) electrons. The van der Waals surface area contributed by atoms with Crippen molar-refractivity contribution in [1.29, 1.82) is 0 Å². The summed E-state index contributed by atoms with van der Waals surface area (Å²) in [5.41, 5.74) is 0.228. The molecule has 3 heterocycles. The van der Waals surface area contributed by atoms with Crippen LogP contribution in [-0.4, -0.2) is 30.4 Å². The molecule has 2 fully saturated rings. The van der Waals surface area contributed by atoms with Gasteiger partial charge in [-0.3, -0.25) is 4.79 Å². The molecule has 0 unspecified atom stereocenters. The van der Waals surface area contributed by atoms with Crippen molar-refractivity contribution in [3.63, 3.8) is 0 Å². The smallest absolute Gasteiger partial charge is 0.223 e. The van der Waals surface area contributed by atoms with Gasteiger partial charge in [0, 0.05) is 17.8 Å². The van der Waals surface area contributed by atoms with Crippen LogP contribution in [0.15, 0.2) is 11.4 Å². The van der Waals surface area contributed by atoms with E-state index in [1.54, 1.807) is 11.3 Å². The highest BCUT2D eigenvalue weighted by Gasteiger charge is 2.43. The van der Waals surface area contributed by atoms with Gasteiger partial charge < -0.3 is 10.2 Å². The maximum atomic E-state index is 12.2. The van der Waals surface area contributed by atoms with Crippen molar-refractivity contribution in [1.82, 2.24) is 10.2 Å². The number of carbonyl (C=O) groups is 1. The summed E-state index contributed by atoms with van der Waals surface area (Å²) in [6.45, 7) is 3.67. The molecular formula is C13H17ClN2OS. The second-order valence-corrected chi connectivity index (χ2v) is 6.78. The summed E-state index contributed by atoms with van der Waals surface area (Å²) in [6, 6.07) is 1.91. The first-order valence-electron chi connectivity index (χ1n) is 6.39. The third-order valence-corrected chi connectivity index (χ3v) is 5.47. The first-order chi connectivity index (χ1) is 8.69. The van der Waals surface area contributed by atoms with E-state index in [0.29, 0.717) is 12.5 Å². The van der Waals surface area contributed by atoms with Crippen LogP contribution in [0.25, 0.3) is 0 Å². The Balaban J connectivity index is 1.71. The van der Waals surface area contributed by atoms with E-state index < -0.39 is 0 Å². The standard InChI is InChI=1S/C13H17ClN2OS/c14-10-1-6-18-11(10)8-16-9-13(7-12(16)17)2-4-15-5-3-13/h1,6,15H,2-5,7-9H2. The summed E-state index contributed by atoms with van der Waals surface area (Å²) < 4.78 is 0. The maximum Gasteiger partial charge on any atom is 0.223 e. The third kappa shape index (κ3) is 2.29. The Hall–Kier alpha value is -0.580. The molecule has 0 saturated carbocycles. The zero-order valence-electron chi connectivity index (χ0n) is 10.2. The quantitative estimate of drug-likeness (QED) is 0.905. The van der Waals surface area contributed by atoms with Gasteiger partial charge in [0.05, 0.1) is 11.6 Å². The third-order valence-electron chi connectivity index (χ3n) is 4.09. The topological polar surface area (TPSA) is 32.3 Å². The average molecular weight is 285 g/mol. The van der Waals surface area contributed by atoms with Gasteiger partial charge in [-0.2, -0.15) is 0 Å². The largest absolute Gasteiger partial charge is 0.337 e. The van der Waals surface area contributed by atoms with E-state index in [-0.39, 0.29) is 5.41 Å². The Morgan fingerprint density at radius 3 is 2.89 bits per heavy atom. The molecule has 0 atom stereocenters. The van der Waals surface area contributed by atoms with Gasteiger partial charge in [0.2, 0.25) is 5.91 Å². The van der Waals surface area contributed by atoms with Crippen molar-refractivity contribution >= 4 is 28.8 Å². The van der Waals surface area contributed by atoms with E-state index in [1.807, 2.05) is 16.3 Å². The van der Waals surface area contributed by atoms with Crippen LogP contribution in [-0.2, 0) is 11.3 Å². The lowest BCUT2D eigenvalue weighted by atomic mass is 9.78. The average Bonchev–Trinajstić information content (AvgIpc) is 2.87. The number of carbonyl (C=O) groups excluding carboxylic acids is 1. The van der Waals surface area contributed by atoms with E-state index >= 15 is 0 Å². The fourth-order valence-corrected chi connectivity index (χ4v) is 4.14. The zero-order chi connectivity index (χ0) is 12.6. The van der Waals surface area contributed by atoms with Crippen molar-refractivity contribution in [2.75, 3.05) is 19.6 Å². The highest BCUT2D eigenvalue weighted by molar-refractivity contribution is 7.10. The minimum Gasteiger partial charge on any atom is -0.337 e. The number of likely N-dealkylation sites (tertiary alicyclic amines) is 1. The van der Waals surface area contributed by atoms with E-state index in [1.165, 1.54) is 0 Å². The van der Waals surface area contributed by atoms with Gasteiger partial charge >= 0.3 is 0 Å². The van der Waals surface area contributed by atoms with E-state index in [0.717, 1.165) is 48.8 Å². The molecule has 2 aliphatic heterocycles. The van der Waals surface area contributed by atoms with Crippen LogP contribution in [0.2, 0.25) is 5.02 Å². The molecule has 1 aromatic rings. The number of nitrogens with zero attached hydrogens (tertiary/aromatic N) is 1. The van der Waals surface area contributed by atoms with Gasteiger partial charge in [0.15, 0.2) is 0 Å². The van der Waals surface area contributed by atoms with Crippen LogP contribution in [0.1, 0.15) is 24.1 Å². The van der Waals surface area contributed by atoms with Gasteiger partial charge in [0.1, 0.15) is 0 Å². The fraction of sp³-hybridized carbons (Fsp3) is 0.615. The van der Waals surface area contributed by atoms with Crippen LogP contribution >= 0.6 is 22.9 Å². The number of halogens is 1. The summed E-state index contributed by atoms with van der Waals surface area (Å²) in [6.07, 6.45) is 2.96. The monoisotopic (exact) mass is 284 g/mol. The van der Waals surface area contributed by atoms with Crippen LogP contribution in [0.5, 0.6) is 0 Å². The van der Waals surface area contributed by atoms with Crippen molar-refractivity contribution in [3.05, 3.63) is 21.3 Å². The Bertz CT molecular complexity index is 454. The number of amides is 1. The number of piperidine rings is 1. The SMILES string of the molecule is O=C1CC2(CCNCC2)CN1Cc1sccc1Cl. The Kier molecular flexibility index (Phi) is 3.34. The molecule has 1 N–H and O–H groups in total. The molecule has 98 valence electrons. The Morgan fingerprint density at radius 2 is 2.22 bits per heavy atom. The molecule has 1 spiro atoms. The van der Waals surface area contributed by atoms with Gasteiger partial charge in [-0.1, -0.05) is 11.6 Å². The molecule has 1 aromatic heterocycles. The number of thiophene rings is 1. The van der Waals surface area contributed by atoms with Crippen molar-refractivity contribution in [2.45, 2.75) is 25.8 Å². The summed E-state index contributed by atoms with van der Waals surface area (Å²) in [5, 5.41) is 6.15. The fourth-order valence-electron chi connectivity index (χ4n) is 3.03. The summed E-state index contributed by atoms with van der Waals surface area (Å²) in [5.74, 6) is 0.293. The normalized spacial score (nSPS) is 22.9. The van der Waals surface area contributed by atoms with Gasteiger partial charge in [-0.25, -0.2) is 0 Å². The molecule has 0 bridgehead atoms. The number of hydrogen-bond acceptors (Lipinski definition) is 3. The van der Waals surface area contributed by atoms with Gasteiger partial charge in [0.25, 0.3) is 0 Å². The molecular weight excluding hydrogens is 268 g/mol. The van der Waals surface area contributed by atoms with Crippen molar-refractivity contribution < 1.29 is 4.79 Å². The lowest BCUT2D eigenvalue weighted by Crippen LogP contribution is -2.38. The summed E-state index contributed by atoms with van der Waals surface area (Å²) in [7, 11) is 0. The zero-order valence-corrected chi connectivity index (χ0v) is 11.8. The van der Waals surface area contributed by atoms with Crippen LogP contribution in [0.3, 0.4) is 0 Å². The lowest BCUT2D eigenvalue weighted by molar-refractivity contribution is -0.128. The summed E-state index contributed by atoms with van der Waals surface area (Å²) >= 11 is 7.74. The molecule has 3 rings (SSSR count). The highest BCUT2D eigenvalue weighted by atomic mass is 35.5. The van der Waals surface area contributed by atoms with E-state index in [9.17, 15) is 4.79 Å². The second-order valence-electron chi connectivity index (χ2n) is 5.37. The Morgan fingerprint density at radius 1 is 1.44 bits per heavy atom. The Labute approximate surface area is 116 Å². The molecule has 0 aromatic carbocycles. The molecule has 1 amide bonds. The van der Waals surface area contributed by atoms with Crippen LogP contribution in [0.4, 0.5) is 0 Å². The minimum absolute atomic E-state index is 0.228. The minimum atomic E-state index is 0.228. The molecule has 5 heteroatoms. The number of hydrogen-bond donors (Lipinski definition) is 1. The van der Waals surface area contributed by atoms with E-state index in [2.05, 4.69) is 5.32 Å². The molecule has 3 nitrogen and oxygen atoms in total. The predicted molar refractivity (Wildman–Crippen MR) is 73.9 cm³/mol. The van der Waals surface area contributed by atoms with Crippen LogP contribution in [0, 0.1) is 5.41 Å². The number of nitrogens with one attached hydrogen (secondary N) is 1. The molecule has 18 heavy (non-hydrogen) atoms.